The Morgan fingerprint density at radius 3 is 2.74 bits per heavy atom. The van der Waals surface area contributed by atoms with Gasteiger partial charge in [0.1, 0.15) is 0 Å². The van der Waals surface area contributed by atoms with Crippen LogP contribution in [0.25, 0.3) is 11.5 Å². The van der Waals surface area contributed by atoms with Crippen molar-refractivity contribution in [2.45, 2.75) is 19.9 Å². The molecule has 0 saturated heterocycles. The fourth-order valence-corrected chi connectivity index (χ4v) is 2.45. The third-order valence-corrected chi connectivity index (χ3v) is 4.10. The Bertz CT molecular complexity index is 500. The van der Waals surface area contributed by atoms with Gasteiger partial charge in [0.15, 0.2) is 0 Å². The molecule has 1 aromatic carbocycles. The molecule has 2 rings (SSSR count). The maximum Gasteiger partial charge on any atom is 0.266 e. The van der Waals surface area contributed by atoms with Crippen molar-refractivity contribution >= 4 is 17.7 Å². The zero-order valence-electron chi connectivity index (χ0n) is 11.5. The van der Waals surface area contributed by atoms with Gasteiger partial charge in [0.2, 0.25) is 0 Å². The molecule has 1 aromatic heterocycles. The van der Waals surface area contributed by atoms with E-state index in [0.717, 1.165) is 17.1 Å². The van der Waals surface area contributed by atoms with Crippen molar-refractivity contribution in [3.05, 3.63) is 30.3 Å². The molecule has 1 atom stereocenters. The number of aromatic nitrogens is 2. The predicted octanol–water partition coefficient (Wildman–Crippen LogP) is 3.31. The van der Waals surface area contributed by atoms with Gasteiger partial charge in [-0.15, -0.1) is 0 Å². The zero-order valence-corrected chi connectivity index (χ0v) is 12.4. The molecular weight excluding hydrogens is 258 g/mol. The highest BCUT2D eigenvalue weighted by molar-refractivity contribution is 7.99. The molecule has 0 amide bonds. The lowest BCUT2D eigenvalue weighted by atomic mass is 10.2. The van der Waals surface area contributed by atoms with Crippen LogP contribution in [0.1, 0.15) is 13.8 Å². The lowest BCUT2D eigenvalue weighted by molar-refractivity contribution is 0.429. The van der Waals surface area contributed by atoms with E-state index in [1.807, 2.05) is 49.1 Å². The minimum absolute atomic E-state index is 0.381. The average Bonchev–Trinajstić information content (AvgIpc) is 2.94. The maximum atomic E-state index is 5.32. The van der Waals surface area contributed by atoms with E-state index in [-0.39, 0.29) is 0 Å². The molecule has 0 aliphatic rings. The highest BCUT2D eigenvalue weighted by Crippen LogP contribution is 2.20. The van der Waals surface area contributed by atoms with E-state index in [1.54, 1.807) is 0 Å². The fourth-order valence-electron chi connectivity index (χ4n) is 1.65. The van der Waals surface area contributed by atoms with Crippen molar-refractivity contribution < 1.29 is 4.52 Å². The van der Waals surface area contributed by atoms with Crippen LogP contribution in [-0.2, 0) is 0 Å². The van der Waals surface area contributed by atoms with Crippen molar-refractivity contribution in [2.75, 3.05) is 23.5 Å². The summed E-state index contributed by atoms with van der Waals surface area (Å²) in [6.07, 6.45) is 0. The monoisotopic (exact) mass is 277 g/mol. The highest BCUT2D eigenvalue weighted by atomic mass is 32.2. The number of hydrogen-bond acceptors (Lipinski definition) is 5. The first-order valence-electron chi connectivity index (χ1n) is 6.42. The van der Waals surface area contributed by atoms with E-state index in [1.165, 1.54) is 0 Å². The molecule has 0 bridgehead atoms. The topological polar surface area (TPSA) is 42.2 Å². The number of rotatable bonds is 6. The molecule has 1 unspecified atom stereocenters. The summed E-state index contributed by atoms with van der Waals surface area (Å²) in [5.41, 5.74) is 0.949. The minimum Gasteiger partial charge on any atom is -0.338 e. The Kier molecular flexibility index (Phi) is 4.85. The summed E-state index contributed by atoms with van der Waals surface area (Å²) in [5, 5.41) is 4.05. The summed E-state index contributed by atoms with van der Waals surface area (Å²) in [6.45, 7) is 4.33. The Labute approximate surface area is 118 Å². The van der Waals surface area contributed by atoms with Crippen LogP contribution < -0.4 is 4.90 Å². The smallest absolute Gasteiger partial charge is 0.266 e. The molecule has 1 heterocycles. The normalized spacial score (nSPS) is 12.4. The third-order valence-electron chi connectivity index (χ3n) is 2.98. The molecule has 0 saturated carbocycles. The van der Waals surface area contributed by atoms with Gasteiger partial charge in [-0.05, 0) is 30.0 Å². The van der Waals surface area contributed by atoms with Crippen LogP contribution in [0.4, 0.5) is 5.95 Å². The minimum atomic E-state index is 0.381. The van der Waals surface area contributed by atoms with Crippen molar-refractivity contribution in [3.8, 4) is 11.5 Å². The van der Waals surface area contributed by atoms with Gasteiger partial charge in [-0.3, -0.25) is 0 Å². The number of nitrogens with zero attached hydrogens (tertiary/aromatic N) is 3. The summed E-state index contributed by atoms with van der Waals surface area (Å²) in [4.78, 5) is 6.50. The molecule has 0 spiro atoms. The Balaban J connectivity index is 2.08. The first kappa shape index (κ1) is 13.9. The van der Waals surface area contributed by atoms with E-state index in [0.29, 0.717) is 17.9 Å². The van der Waals surface area contributed by atoms with Crippen LogP contribution in [-0.4, -0.2) is 34.7 Å². The van der Waals surface area contributed by atoms with E-state index < -0.39 is 0 Å². The van der Waals surface area contributed by atoms with Gasteiger partial charge in [0.25, 0.3) is 11.8 Å². The van der Waals surface area contributed by atoms with E-state index in [9.17, 15) is 0 Å². The molecule has 5 heteroatoms. The average molecular weight is 277 g/mol. The standard InChI is InChI=1S/C14H19N3OS/c1-4-19-10-11(2)17(3)14-15-13(18-16-14)12-8-6-5-7-9-12/h5-9,11H,4,10H2,1-3H3. The number of anilines is 1. The molecule has 0 fully saturated rings. The second-order valence-electron chi connectivity index (χ2n) is 4.38. The molecule has 0 N–H and O–H groups in total. The second-order valence-corrected chi connectivity index (χ2v) is 5.70. The fraction of sp³-hybridized carbons (Fsp3) is 0.429. The zero-order chi connectivity index (χ0) is 13.7. The summed E-state index contributed by atoms with van der Waals surface area (Å²) in [6, 6.07) is 10.2. The molecular formula is C14H19N3OS. The Morgan fingerprint density at radius 2 is 2.05 bits per heavy atom. The number of benzene rings is 1. The van der Waals surface area contributed by atoms with Crippen LogP contribution in [0.2, 0.25) is 0 Å². The number of thioether (sulfide) groups is 1. The van der Waals surface area contributed by atoms with Crippen molar-refractivity contribution in [3.63, 3.8) is 0 Å². The summed E-state index contributed by atoms with van der Waals surface area (Å²) < 4.78 is 5.32. The van der Waals surface area contributed by atoms with Crippen LogP contribution in [0.3, 0.4) is 0 Å². The lowest BCUT2D eigenvalue weighted by Gasteiger charge is -2.22. The molecule has 0 aliphatic heterocycles. The largest absolute Gasteiger partial charge is 0.338 e. The Morgan fingerprint density at radius 1 is 1.32 bits per heavy atom. The first-order chi connectivity index (χ1) is 9.22. The van der Waals surface area contributed by atoms with Crippen LogP contribution >= 0.6 is 11.8 Å². The van der Waals surface area contributed by atoms with Crippen molar-refractivity contribution in [1.29, 1.82) is 0 Å². The predicted molar refractivity (Wildman–Crippen MR) is 80.6 cm³/mol. The number of hydrogen-bond donors (Lipinski definition) is 0. The molecule has 4 nitrogen and oxygen atoms in total. The van der Waals surface area contributed by atoms with Crippen molar-refractivity contribution in [1.82, 2.24) is 10.1 Å². The van der Waals surface area contributed by atoms with Gasteiger partial charge < -0.3 is 9.42 Å². The van der Waals surface area contributed by atoms with Gasteiger partial charge >= 0.3 is 0 Å². The molecule has 0 radical (unpaired) electrons. The SMILES string of the molecule is CCSCC(C)N(C)c1noc(-c2ccccc2)n1. The van der Waals surface area contributed by atoms with Crippen LogP contribution in [0, 0.1) is 0 Å². The van der Waals surface area contributed by atoms with E-state index >= 15 is 0 Å². The first-order valence-corrected chi connectivity index (χ1v) is 7.57. The third kappa shape index (κ3) is 3.50. The molecule has 2 aromatic rings. The van der Waals surface area contributed by atoms with E-state index in [2.05, 4.69) is 28.9 Å². The van der Waals surface area contributed by atoms with Crippen LogP contribution in [0.5, 0.6) is 0 Å². The van der Waals surface area contributed by atoms with E-state index in [4.69, 9.17) is 4.52 Å². The highest BCUT2D eigenvalue weighted by Gasteiger charge is 2.16. The molecule has 19 heavy (non-hydrogen) atoms. The van der Waals surface area contributed by atoms with Gasteiger partial charge in [0.05, 0.1) is 0 Å². The van der Waals surface area contributed by atoms with Crippen LogP contribution in [0.15, 0.2) is 34.9 Å². The van der Waals surface area contributed by atoms with Crippen molar-refractivity contribution in [2.24, 2.45) is 0 Å². The van der Waals surface area contributed by atoms with Gasteiger partial charge in [-0.2, -0.15) is 16.7 Å². The maximum absolute atomic E-state index is 5.32. The molecule has 102 valence electrons. The lowest BCUT2D eigenvalue weighted by Crippen LogP contribution is -2.31. The Hall–Kier alpha value is -1.49. The quantitative estimate of drug-likeness (QED) is 0.810. The summed E-state index contributed by atoms with van der Waals surface area (Å²) >= 11 is 1.91. The summed E-state index contributed by atoms with van der Waals surface area (Å²) in [5.74, 6) is 3.39. The van der Waals surface area contributed by atoms with Gasteiger partial charge in [-0.1, -0.05) is 25.1 Å². The van der Waals surface area contributed by atoms with Gasteiger partial charge in [-0.25, -0.2) is 0 Å². The summed E-state index contributed by atoms with van der Waals surface area (Å²) in [7, 11) is 2.00. The molecule has 0 aliphatic carbocycles. The van der Waals surface area contributed by atoms with Gasteiger partial charge in [0, 0.05) is 24.4 Å². The second kappa shape index (κ2) is 6.61.